The van der Waals surface area contributed by atoms with Crippen LogP contribution in [0.2, 0.25) is 5.02 Å². The molecule has 0 heterocycles. The van der Waals surface area contributed by atoms with Crippen molar-refractivity contribution in [3.8, 4) is 5.75 Å². The summed E-state index contributed by atoms with van der Waals surface area (Å²) in [5.41, 5.74) is 0.713. The monoisotopic (exact) mass is 587 g/mol. The lowest BCUT2D eigenvalue weighted by Gasteiger charge is -2.45. The number of halogens is 1. The summed E-state index contributed by atoms with van der Waals surface area (Å²) >= 11 is 6.46. The van der Waals surface area contributed by atoms with Gasteiger partial charge in [0, 0.05) is 5.54 Å². The number of phenolic OH excluding ortho intramolecular Hbond substituents is 1. The number of hydrogen-bond acceptors (Lipinski definition) is 5. The van der Waals surface area contributed by atoms with E-state index in [1.165, 1.54) is 6.07 Å². The van der Waals surface area contributed by atoms with Crippen molar-refractivity contribution < 1.29 is 24.2 Å². The van der Waals surface area contributed by atoms with Gasteiger partial charge < -0.3 is 25.4 Å². The third kappa shape index (κ3) is 8.62. The van der Waals surface area contributed by atoms with Gasteiger partial charge in [0.2, 0.25) is 5.91 Å². The number of carbonyl (C=O) groups is 3. The van der Waals surface area contributed by atoms with Crippen molar-refractivity contribution in [2.45, 2.75) is 105 Å². The molecule has 0 aliphatic carbocycles. The van der Waals surface area contributed by atoms with Crippen LogP contribution in [0.4, 0.5) is 10.5 Å². The summed E-state index contributed by atoms with van der Waals surface area (Å²) in [5, 5.41) is 16.4. The van der Waals surface area contributed by atoms with E-state index in [0.717, 1.165) is 5.56 Å². The summed E-state index contributed by atoms with van der Waals surface area (Å²) < 4.78 is 5.49. The molecule has 3 N–H and O–H groups in total. The highest BCUT2D eigenvalue weighted by molar-refractivity contribution is 6.34. The van der Waals surface area contributed by atoms with E-state index in [-0.39, 0.29) is 11.7 Å². The number of para-hydroxylation sites is 1. The maximum Gasteiger partial charge on any atom is 0.408 e. The Kier molecular flexibility index (Phi) is 11.3. The highest BCUT2D eigenvalue weighted by atomic mass is 35.5. The molecule has 9 heteroatoms. The van der Waals surface area contributed by atoms with Gasteiger partial charge in [0.05, 0.1) is 10.7 Å². The number of nitrogens with one attached hydrogen (secondary N) is 2. The summed E-state index contributed by atoms with van der Waals surface area (Å²) in [4.78, 5) is 43.3. The molecule has 0 aliphatic rings. The lowest BCUT2D eigenvalue weighted by Crippen LogP contribution is -2.60. The first-order valence-corrected chi connectivity index (χ1v) is 14.5. The number of carbonyl (C=O) groups excluding carboxylic acids is 3. The molecule has 0 aliphatic heterocycles. The topological polar surface area (TPSA) is 108 Å². The molecule has 0 spiro atoms. The van der Waals surface area contributed by atoms with Gasteiger partial charge in [-0.2, -0.15) is 0 Å². The number of anilines is 1. The highest BCUT2D eigenvalue weighted by Crippen LogP contribution is 2.36. The first kappa shape index (κ1) is 33.9. The number of nitrogens with zero attached hydrogens (tertiary/aromatic N) is 1. The Bertz CT molecular complexity index is 1230. The Morgan fingerprint density at radius 3 is 2.17 bits per heavy atom. The van der Waals surface area contributed by atoms with Crippen LogP contribution in [0.15, 0.2) is 36.4 Å². The van der Waals surface area contributed by atoms with Crippen LogP contribution in [-0.2, 0) is 14.3 Å². The second-order valence-corrected chi connectivity index (χ2v) is 12.7. The number of alkyl carbamates (subject to hydrolysis) is 1. The summed E-state index contributed by atoms with van der Waals surface area (Å²) in [5.74, 6) is -1.08. The molecule has 2 aromatic rings. The predicted octanol–water partition coefficient (Wildman–Crippen LogP) is 7.30. The Morgan fingerprint density at radius 1 is 1.02 bits per heavy atom. The molecular formula is C32H46ClN3O5. The summed E-state index contributed by atoms with van der Waals surface area (Å²) in [6.45, 7) is 18.4. The third-order valence-corrected chi connectivity index (χ3v) is 7.73. The van der Waals surface area contributed by atoms with Crippen LogP contribution in [0.25, 0.3) is 0 Å². The number of phenols is 1. The van der Waals surface area contributed by atoms with Crippen LogP contribution in [0.5, 0.6) is 5.75 Å². The van der Waals surface area contributed by atoms with Gasteiger partial charge in [0.25, 0.3) is 5.91 Å². The van der Waals surface area contributed by atoms with E-state index >= 15 is 0 Å². The minimum atomic E-state index is -1.11. The fraction of sp³-hybridized carbons (Fsp3) is 0.531. The van der Waals surface area contributed by atoms with E-state index in [1.54, 1.807) is 56.9 Å². The van der Waals surface area contributed by atoms with Crippen molar-refractivity contribution in [1.29, 1.82) is 0 Å². The van der Waals surface area contributed by atoms with Crippen molar-refractivity contribution >= 4 is 35.2 Å². The van der Waals surface area contributed by atoms with Crippen LogP contribution >= 0.6 is 11.6 Å². The highest BCUT2D eigenvalue weighted by Gasteiger charge is 2.44. The van der Waals surface area contributed by atoms with E-state index in [4.69, 9.17) is 16.3 Å². The molecule has 226 valence electrons. The first-order chi connectivity index (χ1) is 18.9. The van der Waals surface area contributed by atoms with Crippen molar-refractivity contribution in [1.82, 2.24) is 10.2 Å². The van der Waals surface area contributed by atoms with E-state index in [0.29, 0.717) is 34.7 Å². The lowest BCUT2D eigenvalue weighted by atomic mass is 9.89. The number of rotatable bonds is 10. The van der Waals surface area contributed by atoms with Crippen LogP contribution in [-0.4, -0.2) is 45.1 Å². The average Bonchev–Trinajstić information content (AvgIpc) is 2.87. The number of benzene rings is 2. The van der Waals surface area contributed by atoms with Gasteiger partial charge in [0.15, 0.2) is 0 Å². The van der Waals surface area contributed by atoms with E-state index in [2.05, 4.69) is 10.6 Å². The fourth-order valence-electron chi connectivity index (χ4n) is 4.46. The average molecular weight is 588 g/mol. The van der Waals surface area contributed by atoms with Gasteiger partial charge in [-0.3, -0.25) is 9.59 Å². The molecule has 2 rings (SSSR count). The molecular weight excluding hydrogens is 542 g/mol. The fourth-order valence-corrected chi connectivity index (χ4v) is 4.73. The Morgan fingerprint density at radius 2 is 1.66 bits per heavy atom. The van der Waals surface area contributed by atoms with Gasteiger partial charge in [-0.1, -0.05) is 57.0 Å². The van der Waals surface area contributed by atoms with Gasteiger partial charge >= 0.3 is 6.09 Å². The van der Waals surface area contributed by atoms with E-state index in [9.17, 15) is 19.5 Å². The molecule has 8 nitrogen and oxygen atoms in total. The quantitative estimate of drug-likeness (QED) is 0.270. The smallest absolute Gasteiger partial charge is 0.408 e. The Hall–Kier alpha value is -3.26. The van der Waals surface area contributed by atoms with Gasteiger partial charge in [-0.25, -0.2) is 4.79 Å². The molecule has 0 saturated heterocycles. The maximum absolute atomic E-state index is 14.6. The zero-order valence-electron chi connectivity index (χ0n) is 26.0. The second kappa shape index (κ2) is 13.6. The Labute approximate surface area is 249 Å². The molecule has 0 aromatic heterocycles. The minimum absolute atomic E-state index is 0.0755. The summed E-state index contributed by atoms with van der Waals surface area (Å²) in [6.07, 6.45) is 0.406. The maximum atomic E-state index is 14.6. The van der Waals surface area contributed by atoms with Crippen molar-refractivity contribution in [3.63, 3.8) is 0 Å². The molecule has 3 atom stereocenters. The summed E-state index contributed by atoms with van der Waals surface area (Å²) in [7, 11) is 0. The van der Waals surface area contributed by atoms with Crippen molar-refractivity contribution in [3.05, 3.63) is 58.1 Å². The standard InChI is InChI=1S/C32H46ClN3O5/c1-11-19(3)26(35-30(40)41-31(6,7)8)29(39)36(32(9,10)12-2)27(22-16-17-24(37)21(5)18-22)28(38)34-25-20(4)14-13-15-23(25)33/h13-19,26-27,37H,11-12H2,1-10H3,(H,34,38)(H,35,40). The molecule has 2 aromatic carbocycles. The number of aryl methyl sites for hydroxylation is 2. The molecule has 0 saturated carbocycles. The number of ether oxygens (including phenoxy) is 1. The van der Waals surface area contributed by atoms with E-state index < -0.39 is 41.1 Å². The van der Waals surface area contributed by atoms with Crippen LogP contribution < -0.4 is 10.6 Å². The molecule has 0 radical (unpaired) electrons. The second-order valence-electron chi connectivity index (χ2n) is 12.3. The molecule has 41 heavy (non-hydrogen) atoms. The SMILES string of the molecule is CCC(C)C(NC(=O)OC(C)(C)C)C(=O)N(C(C(=O)Nc1c(C)cccc1Cl)c1ccc(O)c(C)c1)C(C)(C)CC. The minimum Gasteiger partial charge on any atom is -0.508 e. The Balaban J connectivity index is 2.74. The zero-order valence-corrected chi connectivity index (χ0v) is 26.8. The summed E-state index contributed by atoms with van der Waals surface area (Å²) in [6, 6.07) is 8.09. The predicted molar refractivity (Wildman–Crippen MR) is 164 cm³/mol. The van der Waals surface area contributed by atoms with Gasteiger partial charge in [-0.05, 0) is 95.7 Å². The number of amides is 3. The zero-order chi connectivity index (χ0) is 31.3. The largest absolute Gasteiger partial charge is 0.508 e. The van der Waals surface area contributed by atoms with Gasteiger partial charge in [-0.15, -0.1) is 0 Å². The molecule has 3 amide bonds. The molecule has 0 fully saturated rings. The van der Waals surface area contributed by atoms with Gasteiger partial charge in [0.1, 0.15) is 23.4 Å². The molecule has 3 unspecified atom stereocenters. The number of hydrogen-bond donors (Lipinski definition) is 3. The number of aromatic hydroxyl groups is 1. The van der Waals surface area contributed by atoms with E-state index in [1.807, 2.05) is 47.6 Å². The van der Waals surface area contributed by atoms with Crippen molar-refractivity contribution in [2.24, 2.45) is 5.92 Å². The van der Waals surface area contributed by atoms with Crippen LogP contribution in [0.1, 0.15) is 91.0 Å². The molecule has 0 bridgehead atoms. The van der Waals surface area contributed by atoms with Crippen LogP contribution in [0.3, 0.4) is 0 Å². The normalized spacial score (nSPS) is 14.0. The first-order valence-electron chi connectivity index (χ1n) is 14.1. The third-order valence-electron chi connectivity index (χ3n) is 7.42. The van der Waals surface area contributed by atoms with Crippen LogP contribution in [0, 0.1) is 19.8 Å². The lowest BCUT2D eigenvalue weighted by molar-refractivity contribution is -0.148. The van der Waals surface area contributed by atoms with Crippen molar-refractivity contribution in [2.75, 3.05) is 5.32 Å².